The molecule has 4 heteroatoms. The fourth-order valence-electron chi connectivity index (χ4n) is 2.61. The van der Waals surface area contributed by atoms with Gasteiger partial charge in [-0.1, -0.05) is 0 Å². The number of ether oxygens (including phenoxy) is 2. The number of carbonyl (C=O) groups excluding carboxylic acids is 1. The number of Topliss-reactive ketones (excluding diaryl/α,β-unsaturated/α-hetero) is 1. The molecule has 0 bridgehead atoms. The van der Waals surface area contributed by atoms with E-state index in [1.54, 1.807) is 0 Å². The van der Waals surface area contributed by atoms with Crippen LogP contribution in [0.15, 0.2) is 12.1 Å². The standard InChI is InChI=1S/C14H17NO3/c1-9-5-13-14(18-8-17-13)7-11(9)12(16)6-10-3-2-4-15-10/h5,7,10,15H,2-4,6,8H2,1H3. The maximum Gasteiger partial charge on any atom is 0.231 e. The second kappa shape index (κ2) is 4.61. The smallest absolute Gasteiger partial charge is 0.231 e. The lowest BCUT2D eigenvalue weighted by atomic mass is 9.98. The Morgan fingerprint density at radius 1 is 1.39 bits per heavy atom. The van der Waals surface area contributed by atoms with Crippen molar-refractivity contribution in [1.29, 1.82) is 0 Å². The predicted octanol–water partition coefficient (Wildman–Crippen LogP) is 2.05. The normalized spacial score (nSPS) is 21.3. The van der Waals surface area contributed by atoms with Gasteiger partial charge < -0.3 is 14.8 Å². The van der Waals surface area contributed by atoms with Crippen LogP contribution in [0.4, 0.5) is 0 Å². The largest absolute Gasteiger partial charge is 0.454 e. The molecular formula is C14H17NO3. The Morgan fingerprint density at radius 3 is 2.89 bits per heavy atom. The summed E-state index contributed by atoms with van der Waals surface area (Å²) in [6.07, 6.45) is 2.83. The highest BCUT2D eigenvalue weighted by atomic mass is 16.7. The average Bonchev–Trinajstić information content (AvgIpc) is 2.98. The molecule has 1 saturated heterocycles. The van der Waals surface area contributed by atoms with Crippen LogP contribution in [-0.2, 0) is 0 Å². The number of hydrogen-bond donors (Lipinski definition) is 1. The molecule has 1 aromatic carbocycles. The summed E-state index contributed by atoms with van der Waals surface area (Å²) in [6.45, 7) is 3.21. The third kappa shape index (κ3) is 2.08. The van der Waals surface area contributed by atoms with E-state index in [9.17, 15) is 4.79 Å². The molecule has 1 aromatic rings. The van der Waals surface area contributed by atoms with Crippen molar-refractivity contribution in [3.05, 3.63) is 23.3 Å². The van der Waals surface area contributed by atoms with Crippen LogP contribution in [0.3, 0.4) is 0 Å². The van der Waals surface area contributed by atoms with Crippen molar-refractivity contribution in [2.75, 3.05) is 13.3 Å². The lowest BCUT2D eigenvalue weighted by molar-refractivity contribution is 0.0970. The van der Waals surface area contributed by atoms with E-state index in [0.29, 0.717) is 18.2 Å². The number of ketones is 1. The maximum atomic E-state index is 12.3. The van der Waals surface area contributed by atoms with Crippen molar-refractivity contribution in [2.24, 2.45) is 0 Å². The second-order valence-corrected chi connectivity index (χ2v) is 4.94. The lowest BCUT2D eigenvalue weighted by Crippen LogP contribution is -2.24. The van der Waals surface area contributed by atoms with Gasteiger partial charge in [0, 0.05) is 18.0 Å². The predicted molar refractivity (Wildman–Crippen MR) is 67.3 cm³/mol. The number of nitrogens with one attached hydrogen (secondary N) is 1. The number of rotatable bonds is 3. The summed E-state index contributed by atoms with van der Waals surface area (Å²) in [6, 6.07) is 4.04. The highest BCUT2D eigenvalue weighted by Gasteiger charge is 2.22. The molecule has 1 unspecified atom stereocenters. The molecule has 0 aromatic heterocycles. The summed E-state index contributed by atoms with van der Waals surface area (Å²) >= 11 is 0. The minimum atomic E-state index is 0.185. The zero-order chi connectivity index (χ0) is 12.5. The third-order valence-electron chi connectivity index (χ3n) is 3.61. The van der Waals surface area contributed by atoms with E-state index in [4.69, 9.17) is 9.47 Å². The second-order valence-electron chi connectivity index (χ2n) is 4.94. The fourth-order valence-corrected chi connectivity index (χ4v) is 2.61. The summed E-state index contributed by atoms with van der Waals surface area (Å²) in [7, 11) is 0. The minimum Gasteiger partial charge on any atom is -0.454 e. The van der Waals surface area contributed by atoms with Gasteiger partial charge >= 0.3 is 0 Å². The molecule has 0 saturated carbocycles. The van der Waals surface area contributed by atoms with Gasteiger partial charge in [0.1, 0.15) is 0 Å². The molecule has 4 nitrogen and oxygen atoms in total. The Kier molecular flexibility index (Phi) is 2.96. The van der Waals surface area contributed by atoms with Gasteiger partial charge in [-0.25, -0.2) is 0 Å². The number of aryl methyl sites for hydroxylation is 1. The van der Waals surface area contributed by atoms with Crippen molar-refractivity contribution in [3.8, 4) is 11.5 Å². The van der Waals surface area contributed by atoms with Crippen molar-refractivity contribution < 1.29 is 14.3 Å². The molecule has 0 amide bonds. The van der Waals surface area contributed by atoms with Crippen LogP contribution in [-0.4, -0.2) is 25.2 Å². The average molecular weight is 247 g/mol. The van der Waals surface area contributed by atoms with Gasteiger partial charge in [-0.2, -0.15) is 0 Å². The van der Waals surface area contributed by atoms with Crippen molar-refractivity contribution in [1.82, 2.24) is 5.32 Å². The monoisotopic (exact) mass is 247 g/mol. The van der Waals surface area contributed by atoms with Gasteiger partial charge in [0.15, 0.2) is 17.3 Å². The first-order valence-corrected chi connectivity index (χ1v) is 6.41. The van der Waals surface area contributed by atoms with E-state index in [-0.39, 0.29) is 12.6 Å². The van der Waals surface area contributed by atoms with Crippen molar-refractivity contribution >= 4 is 5.78 Å². The van der Waals surface area contributed by atoms with Crippen LogP contribution in [0.5, 0.6) is 11.5 Å². The van der Waals surface area contributed by atoms with Crippen molar-refractivity contribution in [3.63, 3.8) is 0 Å². The van der Waals surface area contributed by atoms with E-state index < -0.39 is 0 Å². The topological polar surface area (TPSA) is 47.6 Å². The lowest BCUT2D eigenvalue weighted by Gasteiger charge is -2.11. The van der Waals surface area contributed by atoms with Crippen LogP contribution >= 0.6 is 0 Å². The van der Waals surface area contributed by atoms with Gasteiger partial charge in [-0.05, 0) is 44.0 Å². The molecule has 0 aliphatic carbocycles. The Balaban J connectivity index is 1.80. The number of carbonyl (C=O) groups is 1. The number of fused-ring (bicyclic) bond motifs is 1. The van der Waals surface area contributed by atoms with Gasteiger partial charge in [0.05, 0.1) is 0 Å². The van der Waals surface area contributed by atoms with E-state index >= 15 is 0 Å². The molecule has 3 rings (SSSR count). The number of benzene rings is 1. The maximum absolute atomic E-state index is 12.3. The van der Waals surface area contributed by atoms with E-state index in [1.807, 2.05) is 19.1 Å². The molecular weight excluding hydrogens is 230 g/mol. The summed E-state index contributed by atoms with van der Waals surface area (Å²) < 4.78 is 10.6. The first-order valence-electron chi connectivity index (χ1n) is 6.41. The molecule has 96 valence electrons. The van der Waals surface area contributed by atoms with Gasteiger partial charge in [-0.15, -0.1) is 0 Å². The minimum absolute atomic E-state index is 0.185. The molecule has 2 aliphatic heterocycles. The summed E-state index contributed by atoms with van der Waals surface area (Å²) in [4.78, 5) is 12.3. The third-order valence-corrected chi connectivity index (χ3v) is 3.61. The Bertz CT molecular complexity index is 478. The molecule has 18 heavy (non-hydrogen) atoms. The Hall–Kier alpha value is -1.55. The first-order chi connectivity index (χ1) is 8.74. The Morgan fingerprint density at radius 2 is 2.17 bits per heavy atom. The quantitative estimate of drug-likeness (QED) is 0.830. The molecule has 0 spiro atoms. The van der Waals surface area contributed by atoms with E-state index in [0.717, 1.165) is 36.3 Å². The SMILES string of the molecule is Cc1cc2c(cc1C(=O)CC1CCCN1)OCO2. The zero-order valence-electron chi connectivity index (χ0n) is 10.5. The van der Waals surface area contributed by atoms with Gasteiger partial charge in [-0.3, -0.25) is 4.79 Å². The summed E-state index contributed by atoms with van der Waals surface area (Å²) in [5, 5.41) is 3.35. The van der Waals surface area contributed by atoms with E-state index in [2.05, 4.69) is 5.32 Å². The molecule has 0 radical (unpaired) electrons. The summed E-state index contributed by atoms with van der Waals surface area (Å²) in [5.41, 5.74) is 1.72. The van der Waals surface area contributed by atoms with Crippen LogP contribution in [0.2, 0.25) is 0 Å². The fraction of sp³-hybridized carbons (Fsp3) is 0.500. The van der Waals surface area contributed by atoms with Crippen LogP contribution in [0.25, 0.3) is 0 Å². The molecule has 1 atom stereocenters. The summed E-state index contributed by atoms with van der Waals surface area (Å²) in [5.74, 6) is 1.61. The molecule has 1 N–H and O–H groups in total. The Labute approximate surface area is 106 Å². The zero-order valence-corrected chi connectivity index (χ0v) is 10.5. The first kappa shape index (κ1) is 11.5. The highest BCUT2D eigenvalue weighted by molar-refractivity contribution is 5.98. The van der Waals surface area contributed by atoms with E-state index in [1.165, 1.54) is 0 Å². The van der Waals surface area contributed by atoms with Crippen molar-refractivity contribution in [2.45, 2.75) is 32.2 Å². The van der Waals surface area contributed by atoms with Crippen LogP contribution in [0.1, 0.15) is 35.2 Å². The molecule has 1 fully saturated rings. The van der Waals surface area contributed by atoms with Gasteiger partial charge in [0.2, 0.25) is 6.79 Å². The van der Waals surface area contributed by atoms with Crippen LogP contribution in [0, 0.1) is 6.92 Å². The molecule has 2 heterocycles. The number of hydrogen-bond acceptors (Lipinski definition) is 4. The van der Waals surface area contributed by atoms with Gasteiger partial charge in [0.25, 0.3) is 0 Å². The van der Waals surface area contributed by atoms with Crippen LogP contribution < -0.4 is 14.8 Å². The molecule has 2 aliphatic rings. The highest BCUT2D eigenvalue weighted by Crippen LogP contribution is 2.35.